The number of carbonyl (C=O) groups excluding carboxylic acids is 1. The highest BCUT2D eigenvalue weighted by Gasteiger charge is 2.31. The van der Waals surface area contributed by atoms with Crippen LogP contribution in [0.15, 0.2) is 22.7 Å². The molecule has 0 spiro atoms. The van der Waals surface area contributed by atoms with E-state index >= 15 is 0 Å². The Hall–Kier alpha value is -1.17. The van der Waals surface area contributed by atoms with Gasteiger partial charge in [-0.3, -0.25) is 4.79 Å². The molecule has 11 heteroatoms. The van der Waals surface area contributed by atoms with E-state index in [1.165, 1.54) is 6.07 Å². The lowest BCUT2D eigenvalue weighted by molar-refractivity contribution is -0.137. The van der Waals surface area contributed by atoms with Gasteiger partial charge in [0.2, 0.25) is 10.0 Å². The molecule has 6 nitrogen and oxygen atoms in total. The molecule has 0 aromatic heterocycles. The number of rotatable bonds is 7. The summed E-state index contributed by atoms with van der Waals surface area (Å²) >= 11 is 3.01. The fourth-order valence-electron chi connectivity index (χ4n) is 3.03. The minimum Gasteiger partial charge on any atom is -0.352 e. The van der Waals surface area contributed by atoms with Crippen LogP contribution in [0.25, 0.3) is 0 Å². The summed E-state index contributed by atoms with van der Waals surface area (Å²) in [5, 5.41) is 2.72. The third-order valence-electron chi connectivity index (χ3n) is 4.54. The van der Waals surface area contributed by atoms with E-state index in [0.29, 0.717) is 19.6 Å². The monoisotopic (exact) mass is 485 g/mol. The second kappa shape index (κ2) is 9.55. The van der Waals surface area contributed by atoms with Crippen molar-refractivity contribution in [1.82, 2.24) is 14.9 Å². The van der Waals surface area contributed by atoms with Crippen molar-refractivity contribution in [3.05, 3.63) is 33.8 Å². The van der Waals surface area contributed by atoms with Crippen molar-refractivity contribution in [3.8, 4) is 0 Å². The fraction of sp³-hybridized carbons (Fsp3) is 0.588. The average molecular weight is 486 g/mol. The first-order valence-electron chi connectivity index (χ1n) is 8.77. The van der Waals surface area contributed by atoms with E-state index in [4.69, 9.17) is 0 Å². The highest BCUT2D eigenvalue weighted by molar-refractivity contribution is 9.10. The fourth-order valence-corrected chi connectivity index (χ4v) is 3.98. The zero-order valence-electron chi connectivity index (χ0n) is 15.4. The molecule has 0 saturated carbocycles. The van der Waals surface area contributed by atoms with Crippen LogP contribution in [0.3, 0.4) is 0 Å². The van der Waals surface area contributed by atoms with Gasteiger partial charge >= 0.3 is 6.18 Å². The van der Waals surface area contributed by atoms with Crippen LogP contribution in [0.1, 0.15) is 28.8 Å². The van der Waals surface area contributed by atoms with Gasteiger partial charge in [0, 0.05) is 29.7 Å². The summed E-state index contributed by atoms with van der Waals surface area (Å²) in [4.78, 5) is 14.4. The van der Waals surface area contributed by atoms with E-state index in [0.717, 1.165) is 44.3 Å². The normalized spacial score (nSPS) is 16.9. The molecule has 28 heavy (non-hydrogen) atoms. The molecule has 1 aliphatic heterocycles. The summed E-state index contributed by atoms with van der Waals surface area (Å²) in [6.45, 7) is 2.92. The second-order valence-corrected chi connectivity index (χ2v) is 9.64. The van der Waals surface area contributed by atoms with Crippen molar-refractivity contribution in [3.63, 3.8) is 0 Å². The minimum atomic E-state index is -4.52. The average Bonchev–Trinajstić information content (AvgIpc) is 2.58. The molecular weight excluding hydrogens is 463 g/mol. The number of halogens is 4. The first-order valence-corrected chi connectivity index (χ1v) is 11.5. The predicted octanol–water partition coefficient (Wildman–Crippen LogP) is 2.46. The van der Waals surface area contributed by atoms with Gasteiger partial charge in [-0.1, -0.05) is 15.9 Å². The molecule has 1 aromatic carbocycles. The molecule has 1 fully saturated rings. The van der Waals surface area contributed by atoms with Gasteiger partial charge in [0.1, 0.15) is 0 Å². The highest BCUT2D eigenvalue weighted by atomic mass is 79.9. The van der Waals surface area contributed by atoms with Gasteiger partial charge in [-0.25, -0.2) is 13.1 Å². The number of nitrogens with one attached hydrogen (secondary N) is 2. The number of hydrogen-bond acceptors (Lipinski definition) is 4. The summed E-state index contributed by atoms with van der Waals surface area (Å²) < 4.78 is 63.4. The van der Waals surface area contributed by atoms with Crippen LogP contribution in [-0.4, -0.2) is 58.2 Å². The number of piperidine rings is 1. The number of amides is 1. The number of hydrogen-bond donors (Lipinski definition) is 2. The number of sulfonamides is 1. The van der Waals surface area contributed by atoms with Crippen molar-refractivity contribution in [2.75, 3.05) is 39.0 Å². The van der Waals surface area contributed by atoms with Gasteiger partial charge in [0.25, 0.3) is 5.91 Å². The first-order chi connectivity index (χ1) is 12.9. The van der Waals surface area contributed by atoms with Gasteiger partial charge in [-0.05, 0) is 50.0 Å². The lowest BCUT2D eigenvalue weighted by Crippen LogP contribution is -2.41. The lowest BCUT2D eigenvalue weighted by atomic mass is 9.96. The molecule has 1 aliphatic rings. The Morgan fingerprint density at radius 1 is 1.25 bits per heavy atom. The Morgan fingerprint density at radius 2 is 1.89 bits per heavy atom. The molecule has 0 radical (unpaired) electrons. The standard InChI is InChI=1S/C17H23BrF3N3O3S/c1-28(26,27)23-4-7-24-5-2-12(3-6-24)11-22-16(25)13-8-14(17(19,20)21)10-15(18)9-13/h8-10,12,23H,2-7,11H2,1H3,(H,22,25). The molecule has 2 N–H and O–H groups in total. The summed E-state index contributed by atoms with van der Waals surface area (Å²) in [6, 6.07) is 3.14. The molecule has 1 saturated heterocycles. The Morgan fingerprint density at radius 3 is 2.46 bits per heavy atom. The lowest BCUT2D eigenvalue weighted by Gasteiger charge is -2.32. The number of likely N-dealkylation sites (tertiary alicyclic amines) is 1. The Labute approximate surface area is 171 Å². The smallest absolute Gasteiger partial charge is 0.352 e. The van der Waals surface area contributed by atoms with Gasteiger partial charge in [0.05, 0.1) is 11.8 Å². The van der Waals surface area contributed by atoms with Crippen LogP contribution >= 0.6 is 15.9 Å². The molecule has 2 rings (SSSR count). The summed E-state index contributed by atoms with van der Waals surface area (Å²) in [5.41, 5.74) is -0.908. The Balaban J connectivity index is 1.79. The topological polar surface area (TPSA) is 78.5 Å². The third kappa shape index (κ3) is 7.69. The maximum absolute atomic E-state index is 12.9. The van der Waals surface area contributed by atoms with Crippen LogP contribution < -0.4 is 10.0 Å². The van der Waals surface area contributed by atoms with Crippen molar-refractivity contribution in [1.29, 1.82) is 0 Å². The van der Waals surface area contributed by atoms with Crippen LogP contribution in [0.2, 0.25) is 0 Å². The van der Waals surface area contributed by atoms with Crippen LogP contribution in [0, 0.1) is 5.92 Å². The van der Waals surface area contributed by atoms with E-state index in [2.05, 4.69) is 30.9 Å². The molecule has 158 valence electrons. The van der Waals surface area contributed by atoms with Crippen LogP contribution in [0.5, 0.6) is 0 Å². The van der Waals surface area contributed by atoms with E-state index in [9.17, 15) is 26.4 Å². The largest absolute Gasteiger partial charge is 0.416 e. The predicted molar refractivity (Wildman–Crippen MR) is 103 cm³/mol. The number of carbonyl (C=O) groups is 1. The van der Waals surface area contributed by atoms with Gasteiger partial charge in [-0.15, -0.1) is 0 Å². The van der Waals surface area contributed by atoms with Crippen LogP contribution in [-0.2, 0) is 16.2 Å². The maximum atomic E-state index is 12.9. The maximum Gasteiger partial charge on any atom is 0.416 e. The minimum absolute atomic E-state index is 0.0361. The van der Waals surface area contributed by atoms with Crippen LogP contribution in [0.4, 0.5) is 13.2 Å². The first kappa shape index (κ1) is 23.1. The quantitative estimate of drug-likeness (QED) is 0.621. The third-order valence-corrected chi connectivity index (χ3v) is 5.72. The number of benzene rings is 1. The van der Waals surface area contributed by atoms with Crippen molar-refractivity contribution in [2.45, 2.75) is 19.0 Å². The number of nitrogens with zero attached hydrogens (tertiary/aromatic N) is 1. The molecule has 0 unspecified atom stereocenters. The SMILES string of the molecule is CS(=O)(=O)NCCN1CCC(CNC(=O)c2cc(Br)cc(C(F)(F)F)c2)CC1. The zero-order valence-corrected chi connectivity index (χ0v) is 17.8. The summed E-state index contributed by atoms with van der Waals surface area (Å²) in [5.74, 6) is -0.302. The highest BCUT2D eigenvalue weighted by Crippen LogP contribution is 2.32. The number of alkyl halides is 3. The zero-order chi connectivity index (χ0) is 20.9. The van der Waals surface area contributed by atoms with E-state index in [1.54, 1.807) is 0 Å². The molecule has 0 aliphatic carbocycles. The van der Waals surface area contributed by atoms with Crippen molar-refractivity contribution in [2.24, 2.45) is 5.92 Å². The Bertz CT molecular complexity index is 795. The van der Waals surface area contributed by atoms with Gasteiger partial charge < -0.3 is 10.2 Å². The molecule has 0 atom stereocenters. The molecule has 1 aromatic rings. The summed E-state index contributed by atoms with van der Waals surface area (Å²) in [7, 11) is -3.19. The molecule has 0 bridgehead atoms. The van der Waals surface area contributed by atoms with Crippen molar-refractivity contribution < 1.29 is 26.4 Å². The van der Waals surface area contributed by atoms with Gasteiger partial charge in [0.15, 0.2) is 0 Å². The molecule has 1 heterocycles. The second-order valence-electron chi connectivity index (χ2n) is 6.89. The Kier molecular flexibility index (Phi) is 7.89. The van der Waals surface area contributed by atoms with E-state index in [-0.39, 0.29) is 16.0 Å². The summed E-state index contributed by atoms with van der Waals surface area (Å²) in [6.07, 6.45) is -1.75. The molecule has 1 amide bonds. The van der Waals surface area contributed by atoms with Gasteiger partial charge in [-0.2, -0.15) is 13.2 Å². The van der Waals surface area contributed by atoms with E-state index < -0.39 is 27.7 Å². The van der Waals surface area contributed by atoms with Crippen molar-refractivity contribution >= 4 is 31.9 Å². The molecular formula is C17H23BrF3N3O3S. The van der Waals surface area contributed by atoms with E-state index in [1.807, 2.05) is 0 Å².